The largest absolute Gasteiger partial charge is 0.310 e. The Hall–Kier alpha value is -0.780. The van der Waals surface area contributed by atoms with Crippen molar-refractivity contribution in [3.8, 4) is 10.7 Å². The van der Waals surface area contributed by atoms with E-state index in [1.807, 2.05) is 17.1 Å². The molecule has 0 aliphatic heterocycles. The van der Waals surface area contributed by atoms with E-state index < -0.39 is 0 Å². The first kappa shape index (κ1) is 10.7. The van der Waals surface area contributed by atoms with Gasteiger partial charge in [-0.3, -0.25) is 0 Å². The predicted octanol–water partition coefficient (Wildman–Crippen LogP) is 2.94. The van der Waals surface area contributed by atoms with Gasteiger partial charge in [0.25, 0.3) is 0 Å². The molecule has 0 saturated carbocycles. The number of thiazole rings is 2. The van der Waals surface area contributed by atoms with Gasteiger partial charge in [-0.1, -0.05) is 6.92 Å². The van der Waals surface area contributed by atoms with E-state index in [4.69, 9.17) is 0 Å². The monoisotopic (exact) mass is 239 g/mol. The smallest absolute Gasteiger partial charge is 0.142 e. The molecule has 2 heterocycles. The highest BCUT2D eigenvalue weighted by Crippen LogP contribution is 2.28. The van der Waals surface area contributed by atoms with Gasteiger partial charge in [-0.05, 0) is 13.5 Å². The third-order valence-electron chi connectivity index (χ3n) is 2.11. The van der Waals surface area contributed by atoms with Crippen LogP contribution in [0.1, 0.15) is 24.8 Å². The Morgan fingerprint density at radius 1 is 1.47 bits per heavy atom. The second-order valence-electron chi connectivity index (χ2n) is 3.22. The van der Waals surface area contributed by atoms with Gasteiger partial charge in [-0.25, -0.2) is 9.97 Å². The SMILES string of the molecule is CCNC(C)c1cnc(-c2cscn2)s1. The molecule has 80 valence electrons. The van der Waals surface area contributed by atoms with Gasteiger partial charge in [0, 0.05) is 22.5 Å². The summed E-state index contributed by atoms with van der Waals surface area (Å²) >= 11 is 3.31. The average Bonchev–Trinajstić information content (AvgIpc) is 2.89. The highest BCUT2D eigenvalue weighted by atomic mass is 32.1. The predicted molar refractivity (Wildman–Crippen MR) is 65.3 cm³/mol. The Kier molecular flexibility index (Phi) is 3.45. The van der Waals surface area contributed by atoms with Gasteiger partial charge in [0.15, 0.2) is 0 Å². The Morgan fingerprint density at radius 3 is 3.00 bits per heavy atom. The third kappa shape index (κ3) is 2.42. The average molecular weight is 239 g/mol. The van der Waals surface area contributed by atoms with Crippen molar-refractivity contribution in [3.63, 3.8) is 0 Å². The van der Waals surface area contributed by atoms with Crippen LogP contribution in [0, 0.1) is 0 Å². The molecule has 15 heavy (non-hydrogen) atoms. The van der Waals surface area contributed by atoms with Crippen LogP contribution in [0.15, 0.2) is 17.1 Å². The van der Waals surface area contributed by atoms with E-state index >= 15 is 0 Å². The fourth-order valence-corrected chi connectivity index (χ4v) is 2.85. The van der Waals surface area contributed by atoms with Crippen molar-refractivity contribution in [2.45, 2.75) is 19.9 Å². The molecule has 1 atom stereocenters. The fourth-order valence-electron chi connectivity index (χ4n) is 1.33. The van der Waals surface area contributed by atoms with E-state index in [1.54, 1.807) is 22.7 Å². The molecule has 1 unspecified atom stereocenters. The van der Waals surface area contributed by atoms with Crippen LogP contribution >= 0.6 is 22.7 Å². The summed E-state index contributed by atoms with van der Waals surface area (Å²) in [5.74, 6) is 0. The molecular weight excluding hydrogens is 226 g/mol. The molecule has 0 aliphatic carbocycles. The molecule has 1 N–H and O–H groups in total. The van der Waals surface area contributed by atoms with E-state index in [2.05, 4.69) is 29.1 Å². The summed E-state index contributed by atoms with van der Waals surface area (Å²) in [4.78, 5) is 9.90. The molecule has 0 radical (unpaired) electrons. The molecule has 2 rings (SSSR count). The van der Waals surface area contributed by atoms with Gasteiger partial charge in [-0.2, -0.15) is 0 Å². The van der Waals surface area contributed by atoms with Crippen LogP contribution < -0.4 is 5.32 Å². The van der Waals surface area contributed by atoms with Crippen LogP contribution in [0.25, 0.3) is 10.7 Å². The lowest BCUT2D eigenvalue weighted by molar-refractivity contribution is 0.606. The zero-order valence-corrected chi connectivity index (χ0v) is 10.4. The minimum absolute atomic E-state index is 0.375. The normalized spacial score (nSPS) is 12.9. The Bertz CT molecular complexity index is 408. The van der Waals surface area contributed by atoms with Gasteiger partial charge >= 0.3 is 0 Å². The van der Waals surface area contributed by atoms with Crippen LogP contribution in [0.4, 0.5) is 0 Å². The van der Waals surface area contributed by atoms with Gasteiger partial charge in [0.05, 0.1) is 5.51 Å². The number of hydrogen-bond acceptors (Lipinski definition) is 5. The molecule has 0 aliphatic rings. The van der Waals surface area contributed by atoms with E-state index in [1.165, 1.54) is 4.88 Å². The van der Waals surface area contributed by atoms with Crippen molar-refractivity contribution in [1.29, 1.82) is 0 Å². The summed E-state index contributed by atoms with van der Waals surface area (Å²) in [5.41, 5.74) is 2.82. The van der Waals surface area contributed by atoms with E-state index in [9.17, 15) is 0 Å². The molecule has 5 heteroatoms. The number of nitrogens with one attached hydrogen (secondary N) is 1. The number of hydrogen-bond donors (Lipinski definition) is 1. The molecule has 3 nitrogen and oxygen atoms in total. The minimum atomic E-state index is 0.375. The first-order valence-electron chi connectivity index (χ1n) is 4.89. The lowest BCUT2D eigenvalue weighted by atomic mass is 10.3. The number of aromatic nitrogens is 2. The zero-order chi connectivity index (χ0) is 10.7. The van der Waals surface area contributed by atoms with Crippen molar-refractivity contribution >= 4 is 22.7 Å². The molecular formula is C10H13N3S2. The summed E-state index contributed by atoms with van der Waals surface area (Å²) in [6, 6.07) is 0.375. The minimum Gasteiger partial charge on any atom is -0.310 e. The zero-order valence-electron chi connectivity index (χ0n) is 8.73. The molecule has 0 saturated heterocycles. The topological polar surface area (TPSA) is 37.8 Å². The van der Waals surface area contributed by atoms with Crippen LogP contribution in [0.5, 0.6) is 0 Å². The highest BCUT2D eigenvalue weighted by molar-refractivity contribution is 7.15. The van der Waals surface area contributed by atoms with Gasteiger partial charge in [0.2, 0.25) is 0 Å². The van der Waals surface area contributed by atoms with Crippen molar-refractivity contribution in [1.82, 2.24) is 15.3 Å². The third-order valence-corrected chi connectivity index (χ3v) is 3.90. The van der Waals surface area contributed by atoms with Gasteiger partial charge in [0.1, 0.15) is 10.7 Å². The first-order valence-corrected chi connectivity index (χ1v) is 6.65. The molecule has 0 aromatic carbocycles. The van der Waals surface area contributed by atoms with Crippen LogP contribution in [-0.4, -0.2) is 16.5 Å². The lowest BCUT2D eigenvalue weighted by Gasteiger charge is -2.07. The summed E-state index contributed by atoms with van der Waals surface area (Å²) in [6.07, 6.45) is 1.94. The second-order valence-corrected chi connectivity index (χ2v) is 5.00. The van der Waals surface area contributed by atoms with Crippen molar-refractivity contribution in [2.75, 3.05) is 6.54 Å². The van der Waals surface area contributed by atoms with Crippen LogP contribution in [0.3, 0.4) is 0 Å². The van der Waals surface area contributed by atoms with E-state index in [0.717, 1.165) is 17.2 Å². The maximum Gasteiger partial charge on any atom is 0.142 e. The van der Waals surface area contributed by atoms with Gasteiger partial charge < -0.3 is 5.32 Å². The molecule has 0 spiro atoms. The maximum atomic E-state index is 4.38. The quantitative estimate of drug-likeness (QED) is 0.891. The second kappa shape index (κ2) is 4.83. The Morgan fingerprint density at radius 2 is 2.33 bits per heavy atom. The number of rotatable bonds is 4. The molecule has 0 amide bonds. The molecule has 0 fully saturated rings. The standard InChI is InChI=1S/C10H13N3S2/c1-3-11-7(2)9-4-12-10(15-9)8-5-14-6-13-8/h4-7,11H,3H2,1-2H3. The fraction of sp³-hybridized carbons (Fsp3) is 0.400. The summed E-state index contributed by atoms with van der Waals surface area (Å²) in [6.45, 7) is 5.24. The molecule has 2 aromatic heterocycles. The molecule has 2 aromatic rings. The first-order chi connectivity index (χ1) is 7.31. The maximum absolute atomic E-state index is 4.38. The lowest BCUT2D eigenvalue weighted by Crippen LogP contribution is -2.16. The molecule has 0 bridgehead atoms. The van der Waals surface area contributed by atoms with Crippen molar-refractivity contribution in [2.24, 2.45) is 0 Å². The van der Waals surface area contributed by atoms with Crippen LogP contribution in [0.2, 0.25) is 0 Å². The number of nitrogens with zero attached hydrogens (tertiary/aromatic N) is 2. The Balaban J connectivity index is 2.17. The summed E-state index contributed by atoms with van der Waals surface area (Å²) in [5, 5.41) is 6.41. The Labute approximate surface area is 97.2 Å². The van der Waals surface area contributed by atoms with E-state index in [-0.39, 0.29) is 0 Å². The van der Waals surface area contributed by atoms with Crippen LogP contribution in [-0.2, 0) is 0 Å². The van der Waals surface area contributed by atoms with Crippen molar-refractivity contribution < 1.29 is 0 Å². The van der Waals surface area contributed by atoms with Crippen molar-refractivity contribution in [3.05, 3.63) is 22.0 Å². The highest BCUT2D eigenvalue weighted by Gasteiger charge is 2.10. The summed E-state index contributed by atoms with van der Waals surface area (Å²) in [7, 11) is 0. The van der Waals surface area contributed by atoms with Gasteiger partial charge in [-0.15, -0.1) is 22.7 Å². The van der Waals surface area contributed by atoms with E-state index in [0.29, 0.717) is 6.04 Å². The summed E-state index contributed by atoms with van der Waals surface area (Å²) < 4.78 is 0.